The van der Waals surface area contributed by atoms with E-state index in [1.165, 1.54) is 6.42 Å². The quantitative estimate of drug-likeness (QED) is 0.886. The summed E-state index contributed by atoms with van der Waals surface area (Å²) in [6.45, 7) is 2.29. The van der Waals surface area contributed by atoms with Gasteiger partial charge in [0.1, 0.15) is 6.04 Å². The van der Waals surface area contributed by atoms with Gasteiger partial charge in [-0.1, -0.05) is 31.0 Å². The summed E-state index contributed by atoms with van der Waals surface area (Å²) in [4.78, 5) is 27.7. The molecular formula is C19H27N3O2. The Labute approximate surface area is 143 Å². The zero-order valence-electron chi connectivity index (χ0n) is 14.3. The zero-order chi connectivity index (χ0) is 17.1. The van der Waals surface area contributed by atoms with Crippen molar-refractivity contribution in [3.63, 3.8) is 0 Å². The van der Waals surface area contributed by atoms with Gasteiger partial charge in [-0.3, -0.25) is 9.59 Å². The van der Waals surface area contributed by atoms with Crippen LogP contribution in [0.1, 0.15) is 49.4 Å². The van der Waals surface area contributed by atoms with Crippen molar-refractivity contribution in [3.8, 4) is 0 Å². The van der Waals surface area contributed by atoms with Gasteiger partial charge >= 0.3 is 0 Å². The van der Waals surface area contributed by atoms with E-state index in [4.69, 9.17) is 5.73 Å². The first-order valence-electron chi connectivity index (χ1n) is 9.00. The summed E-state index contributed by atoms with van der Waals surface area (Å²) in [5.74, 6) is 0.354. The molecule has 2 fully saturated rings. The van der Waals surface area contributed by atoms with Gasteiger partial charge in [0.25, 0.3) is 5.91 Å². The van der Waals surface area contributed by atoms with E-state index in [0.29, 0.717) is 18.0 Å². The minimum Gasteiger partial charge on any atom is -0.351 e. The van der Waals surface area contributed by atoms with E-state index < -0.39 is 0 Å². The lowest BCUT2D eigenvalue weighted by atomic mass is 9.84. The lowest BCUT2D eigenvalue weighted by Crippen LogP contribution is -2.52. The van der Waals surface area contributed by atoms with Crippen LogP contribution < -0.4 is 11.1 Å². The number of likely N-dealkylation sites (tertiary alicyclic amines) is 1. The molecule has 2 aliphatic rings. The van der Waals surface area contributed by atoms with E-state index in [0.717, 1.165) is 25.7 Å². The van der Waals surface area contributed by atoms with Crippen LogP contribution >= 0.6 is 0 Å². The number of amides is 2. The number of carbonyl (C=O) groups excluding carboxylic acids is 2. The molecule has 130 valence electrons. The molecule has 3 rings (SSSR count). The SMILES string of the molecule is C[C@@H](CN)NC(=O)C1CC2CCCCC2N1C(=O)c1ccccc1. The Balaban J connectivity index is 1.85. The molecule has 3 N–H and O–H groups in total. The molecule has 1 aliphatic carbocycles. The van der Waals surface area contributed by atoms with Gasteiger partial charge in [0.2, 0.25) is 5.91 Å². The average Bonchev–Trinajstić information content (AvgIpc) is 3.01. The third-order valence-electron chi connectivity index (χ3n) is 5.39. The van der Waals surface area contributed by atoms with Crippen molar-refractivity contribution in [1.82, 2.24) is 10.2 Å². The molecule has 0 aromatic heterocycles. The molecular weight excluding hydrogens is 302 g/mol. The number of hydrogen-bond donors (Lipinski definition) is 2. The third kappa shape index (κ3) is 3.31. The van der Waals surface area contributed by atoms with Crippen LogP contribution in [0, 0.1) is 5.92 Å². The highest BCUT2D eigenvalue weighted by Gasteiger charge is 2.47. The summed E-state index contributed by atoms with van der Waals surface area (Å²) >= 11 is 0. The fraction of sp³-hybridized carbons (Fsp3) is 0.579. The molecule has 2 amide bonds. The second kappa shape index (κ2) is 7.34. The summed E-state index contributed by atoms with van der Waals surface area (Å²) in [5, 5.41) is 2.96. The average molecular weight is 329 g/mol. The second-order valence-electron chi connectivity index (χ2n) is 7.09. The molecule has 1 aromatic rings. The summed E-state index contributed by atoms with van der Waals surface area (Å²) in [7, 11) is 0. The van der Waals surface area contributed by atoms with Crippen molar-refractivity contribution in [1.29, 1.82) is 0 Å². The number of benzene rings is 1. The first-order valence-corrected chi connectivity index (χ1v) is 9.00. The number of nitrogens with two attached hydrogens (primary N) is 1. The van der Waals surface area contributed by atoms with Gasteiger partial charge in [-0.25, -0.2) is 0 Å². The maximum Gasteiger partial charge on any atom is 0.254 e. The smallest absolute Gasteiger partial charge is 0.254 e. The molecule has 1 saturated heterocycles. The maximum atomic E-state index is 13.1. The summed E-state index contributed by atoms with van der Waals surface area (Å²) in [6, 6.07) is 9.04. The fourth-order valence-electron chi connectivity index (χ4n) is 4.11. The number of fused-ring (bicyclic) bond motifs is 1. The summed E-state index contributed by atoms with van der Waals surface area (Å²) in [5.41, 5.74) is 6.29. The van der Waals surface area contributed by atoms with Crippen LogP contribution in [0.4, 0.5) is 0 Å². The maximum absolute atomic E-state index is 13.1. The minimum absolute atomic E-state index is 0.0226. The Morgan fingerprint density at radius 2 is 1.96 bits per heavy atom. The highest BCUT2D eigenvalue weighted by molar-refractivity contribution is 5.98. The van der Waals surface area contributed by atoms with Crippen molar-refractivity contribution in [2.45, 2.75) is 57.2 Å². The molecule has 4 atom stereocenters. The number of rotatable bonds is 4. The van der Waals surface area contributed by atoms with E-state index in [1.54, 1.807) is 0 Å². The summed E-state index contributed by atoms with van der Waals surface area (Å²) in [6.07, 6.45) is 5.21. The molecule has 3 unspecified atom stereocenters. The molecule has 1 heterocycles. The second-order valence-corrected chi connectivity index (χ2v) is 7.09. The van der Waals surface area contributed by atoms with E-state index in [1.807, 2.05) is 42.2 Å². The lowest BCUT2D eigenvalue weighted by molar-refractivity contribution is -0.125. The minimum atomic E-state index is -0.375. The number of nitrogens with one attached hydrogen (secondary N) is 1. The molecule has 0 bridgehead atoms. The largest absolute Gasteiger partial charge is 0.351 e. The Kier molecular flexibility index (Phi) is 5.19. The van der Waals surface area contributed by atoms with Gasteiger partial charge in [-0.2, -0.15) is 0 Å². The van der Waals surface area contributed by atoms with Crippen molar-refractivity contribution < 1.29 is 9.59 Å². The Morgan fingerprint density at radius 3 is 2.67 bits per heavy atom. The Bertz CT molecular complexity index is 590. The summed E-state index contributed by atoms with van der Waals surface area (Å²) < 4.78 is 0. The molecule has 1 aromatic carbocycles. The van der Waals surface area contributed by atoms with E-state index in [2.05, 4.69) is 5.32 Å². The third-order valence-corrected chi connectivity index (χ3v) is 5.39. The van der Waals surface area contributed by atoms with E-state index in [9.17, 15) is 9.59 Å². The first kappa shape index (κ1) is 17.0. The highest BCUT2D eigenvalue weighted by atomic mass is 16.2. The predicted octanol–water partition coefficient (Wildman–Crippen LogP) is 1.92. The molecule has 1 aliphatic heterocycles. The van der Waals surface area contributed by atoms with E-state index >= 15 is 0 Å². The number of carbonyl (C=O) groups is 2. The Morgan fingerprint density at radius 1 is 1.25 bits per heavy atom. The van der Waals surface area contributed by atoms with Crippen molar-refractivity contribution in [2.75, 3.05) is 6.54 Å². The lowest BCUT2D eigenvalue weighted by Gasteiger charge is -2.34. The van der Waals surface area contributed by atoms with Crippen molar-refractivity contribution in [3.05, 3.63) is 35.9 Å². The highest BCUT2D eigenvalue weighted by Crippen LogP contribution is 2.40. The van der Waals surface area contributed by atoms with Gasteiger partial charge in [0, 0.05) is 24.2 Å². The van der Waals surface area contributed by atoms with E-state index in [-0.39, 0.29) is 29.9 Å². The van der Waals surface area contributed by atoms with Crippen LogP contribution in [0.2, 0.25) is 0 Å². The van der Waals surface area contributed by atoms with Crippen LogP contribution in [-0.4, -0.2) is 41.4 Å². The van der Waals surface area contributed by atoms with Gasteiger partial charge in [-0.05, 0) is 44.2 Å². The molecule has 24 heavy (non-hydrogen) atoms. The molecule has 0 spiro atoms. The van der Waals surface area contributed by atoms with Gasteiger partial charge in [0.05, 0.1) is 0 Å². The predicted molar refractivity (Wildman–Crippen MR) is 93.4 cm³/mol. The topological polar surface area (TPSA) is 75.4 Å². The van der Waals surface area contributed by atoms with Gasteiger partial charge in [0.15, 0.2) is 0 Å². The normalized spacial score (nSPS) is 27.4. The van der Waals surface area contributed by atoms with Crippen LogP contribution in [0.15, 0.2) is 30.3 Å². The van der Waals surface area contributed by atoms with Crippen LogP contribution in [-0.2, 0) is 4.79 Å². The molecule has 0 radical (unpaired) electrons. The first-order chi connectivity index (χ1) is 11.6. The molecule has 5 heteroatoms. The van der Waals surface area contributed by atoms with Crippen LogP contribution in [0.25, 0.3) is 0 Å². The number of nitrogens with zero attached hydrogens (tertiary/aromatic N) is 1. The van der Waals surface area contributed by atoms with Crippen molar-refractivity contribution >= 4 is 11.8 Å². The van der Waals surface area contributed by atoms with Gasteiger partial charge < -0.3 is 16.0 Å². The standard InChI is InChI=1S/C19H27N3O2/c1-13(12-20)21-18(23)17-11-15-9-5-6-10-16(15)22(17)19(24)14-7-3-2-4-8-14/h2-4,7-8,13,15-17H,5-6,9-12,20H2,1H3,(H,21,23)/t13-,15?,16?,17?/m0/s1. The fourth-order valence-corrected chi connectivity index (χ4v) is 4.11. The number of hydrogen-bond acceptors (Lipinski definition) is 3. The molecule has 5 nitrogen and oxygen atoms in total. The molecule has 1 saturated carbocycles. The van der Waals surface area contributed by atoms with Crippen molar-refractivity contribution in [2.24, 2.45) is 11.7 Å². The van der Waals surface area contributed by atoms with Crippen LogP contribution in [0.5, 0.6) is 0 Å². The van der Waals surface area contributed by atoms with Gasteiger partial charge in [-0.15, -0.1) is 0 Å². The van der Waals surface area contributed by atoms with Crippen LogP contribution in [0.3, 0.4) is 0 Å². The Hall–Kier alpha value is -1.88. The zero-order valence-corrected chi connectivity index (χ0v) is 14.3. The monoisotopic (exact) mass is 329 g/mol.